The van der Waals surface area contributed by atoms with Crippen molar-refractivity contribution in [3.63, 3.8) is 0 Å². The predicted octanol–water partition coefficient (Wildman–Crippen LogP) is 3.39. The average Bonchev–Trinajstić information content (AvgIpc) is 2.61. The Hall–Kier alpha value is -2.80. The van der Waals surface area contributed by atoms with Crippen molar-refractivity contribution in [2.24, 2.45) is 0 Å². The van der Waals surface area contributed by atoms with Crippen molar-refractivity contribution in [1.82, 2.24) is 9.88 Å². The second-order valence-electron chi connectivity index (χ2n) is 5.91. The normalized spacial score (nSPS) is 15.2. The van der Waals surface area contributed by atoms with Crippen LogP contribution in [0.2, 0.25) is 0 Å². The molecular formula is C19H20N4. The van der Waals surface area contributed by atoms with Crippen LogP contribution in [0.5, 0.6) is 0 Å². The third kappa shape index (κ3) is 3.35. The summed E-state index contributed by atoms with van der Waals surface area (Å²) >= 11 is 0. The number of benzene rings is 1. The third-order valence-corrected chi connectivity index (χ3v) is 4.50. The van der Waals surface area contributed by atoms with E-state index in [0.717, 1.165) is 42.8 Å². The van der Waals surface area contributed by atoms with E-state index in [1.165, 1.54) is 5.56 Å². The zero-order valence-corrected chi connectivity index (χ0v) is 13.1. The first-order valence-electron chi connectivity index (χ1n) is 7.83. The van der Waals surface area contributed by atoms with Crippen LogP contribution in [0.3, 0.4) is 0 Å². The highest BCUT2D eigenvalue weighted by atomic mass is 15.1. The topological polar surface area (TPSA) is 65.9 Å². The van der Waals surface area contributed by atoms with Gasteiger partial charge in [-0.15, -0.1) is 0 Å². The standard InChI is InChI=1S/C19H20N4/c1-14(18-6-9-22-19(21)12-18)23-10-7-17(8-11-23)16-4-2-15(13-20)3-5-16/h2-6,9,12,17H,1,7-8,10-11H2,(H2,21,22). The SMILES string of the molecule is C=C(c1ccnc(N)c1)N1CCC(c2ccc(C#N)cc2)CC1. The molecule has 3 rings (SSSR count). The van der Waals surface area contributed by atoms with E-state index in [4.69, 9.17) is 11.0 Å². The molecule has 1 saturated heterocycles. The number of hydrogen-bond donors (Lipinski definition) is 1. The molecule has 2 N–H and O–H groups in total. The van der Waals surface area contributed by atoms with Gasteiger partial charge in [0.25, 0.3) is 0 Å². The summed E-state index contributed by atoms with van der Waals surface area (Å²) in [7, 11) is 0. The first-order chi connectivity index (χ1) is 11.2. The Morgan fingerprint density at radius 3 is 2.52 bits per heavy atom. The van der Waals surface area contributed by atoms with E-state index in [0.29, 0.717) is 11.7 Å². The Kier molecular flexibility index (Phi) is 4.29. The maximum absolute atomic E-state index is 8.88. The first kappa shape index (κ1) is 15.1. The molecular weight excluding hydrogens is 284 g/mol. The molecule has 4 heteroatoms. The molecule has 116 valence electrons. The Morgan fingerprint density at radius 1 is 1.22 bits per heavy atom. The van der Waals surface area contributed by atoms with Gasteiger partial charge in [0.05, 0.1) is 11.6 Å². The number of aromatic nitrogens is 1. The van der Waals surface area contributed by atoms with Crippen molar-refractivity contribution in [2.75, 3.05) is 18.8 Å². The van der Waals surface area contributed by atoms with Crippen molar-refractivity contribution in [3.05, 3.63) is 65.9 Å². The van der Waals surface area contributed by atoms with Crippen LogP contribution in [0.25, 0.3) is 5.70 Å². The highest BCUT2D eigenvalue weighted by Gasteiger charge is 2.22. The van der Waals surface area contributed by atoms with Gasteiger partial charge in [0.2, 0.25) is 0 Å². The summed E-state index contributed by atoms with van der Waals surface area (Å²) in [5, 5.41) is 8.88. The van der Waals surface area contributed by atoms with Crippen LogP contribution in [0.4, 0.5) is 5.82 Å². The van der Waals surface area contributed by atoms with Crippen LogP contribution >= 0.6 is 0 Å². The second kappa shape index (κ2) is 6.53. The molecule has 2 aromatic rings. The lowest BCUT2D eigenvalue weighted by Crippen LogP contribution is -2.31. The van der Waals surface area contributed by atoms with Crippen molar-refractivity contribution in [1.29, 1.82) is 5.26 Å². The third-order valence-electron chi connectivity index (χ3n) is 4.50. The minimum absolute atomic E-state index is 0.524. The number of rotatable bonds is 3. The molecule has 1 fully saturated rings. The van der Waals surface area contributed by atoms with Gasteiger partial charge >= 0.3 is 0 Å². The number of nitrogens with two attached hydrogens (primary N) is 1. The molecule has 0 aliphatic carbocycles. The minimum atomic E-state index is 0.524. The van der Waals surface area contributed by atoms with Crippen LogP contribution in [0, 0.1) is 11.3 Å². The Morgan fingerprint density at radius 2 is 1.91 bits per heavy atom. The fraction of sp³-hybridized carbons (Fsp3) is 0.263. The molecule has 0 radical (unpaired) electrons. The summed E-state index contributed by atoms with van der Waals surface area (Å²) in [4.78, 5) is 6.34. The van der Waals surface area contributed by atoms with E-state index >= 15 is 0 Å². The molecule has 4 nitrogen and oxygen atoms in total. The van der Waals surface area contributed by atoms with E-state index in [-0.39, 0.29) is 0 Å². The van der Waals surface area contributed by atoms with Gasteiger partial charge in [0.1, 0.15) is 5.82 Å². The number of likely N-dealkylation sites (tertiary alicyclic amines) is 1. The summed E-state index contributed by atoms with van der Waals surface area (Å²) in [5.74, 6) is 1.07. The molecule has 1 aliphatic rings. The summed E-state index contributed by atoms with van der Waals surface area (Å²) in [6.45, 7) is 6.17. The number of nitrogen functional groups attached to an aromatic ring is 1. The molecule has 0 spiro atoms. The molecule has 0 amide bonds. The summed E-state index contributed by atoms with van der Waals surface area (Å²) in [5.41, 5.74) is 9.84. The molecule has 2 heterocycles. The van der Waals surface area contributed by atoms with Crippen LogP contribution in [0.1, 0.15) is 35.4 Å². The fourth-order valence-corrected chi connectivity index (χ4v) is 3.12. The van der Waals surface area contributed by atoms with E-state index in [9.17, 15) is 0 Å². The average molecular weight is 304 g/mol. The smallest absolute Gasteiger partial charge is 0.123 e. The van der Waals surface area contributed by atoms with Gasteiger partial charge in [-0.05, 0) is 48.6 Å². The van der Waals surface area contributed by atoms with Gasteiger partial charge in [-0.2, -0.15) is 5.26 Å². The number of nitrogens with zero attached hydrogens (tertiary/aromatic N) is 3. The monoisotopic (exact) mass is 304 g/mol. The molecule has 1 aliphatic heterocycles. The number of anilines is 1. The van der Waals surface area contributed by atoms with Crippen molar-refractivity contribution >= 4 is 11.5 Å². The summed E-state index contributed by atoms with van der Waals surface area (Å²) < 4.78 is 0. The minimum Gasteiger partial charge on any atom is -0.384 e. The number of pyridine rings is 1. The van der Waals surface area contributed by atoms with Crippen LogP contribution < -0.4 is 5.73 Å². The summed E-state index contributed by atoms with van der Waals surface area (Å²) in [6, 6.07) is 14.0. The Bertz CT molecular complexity index is 735. The lowest BCUT2D eigenvalue weighted by atomic mass is 9.88. The molecule has 1 aromatic heterocycles. The second-order valence-corrected chi connectivity index (χ2v) is 5.91. The van der Waals surface area contributed by atoms with Gasteiger partial charge in [-0.1, -0.05) is 18.7 Å². The maximum Gasteiger partial charge on any atom is 0.123 e. The molecule has 0 atom stereocenters. The maximum atomic E-state index is 8.88. The highest BCUT2D eigenvalue weighted by molar-refractivity contribution is 5.63. The molecule has 0 saturated carbocycles. The van der Waals surface area contributed by atoms with E-state index in [2.05, 4.69) is 34.7 Å². The van der Waals surface area contributed by atoms with Crippen molar-refractivity contribution in [3.8, 4) is 6.07 Å². The fourth-order valence-electron chi connectivity index (χ4n) is 3.12. The van der Waals surface area contributed by atoms with Gasteiger partial charge < -0.3 is 10.6 Å². The van der Waals surface area contributed by atoms with Gasteiger partial charge in [-0.25, -0.2) is 4.98 Å². The molecule has 1 aromatic carbocycles. The van der Waals surface area contributed by atoms with E-state index < -0.39 is 0 Å². The Balaban J connectivity index is 1.64. The number of piperidine rings is 1. The van der Waals surface area contributed by atoms with Crippen LogP contribution in [0.15, 0.2) is 49.2 Å². The van der Waals surface area contributed by atoms with Crippen LogP contribution in [-0.4, -0.2) is 23.0 Å². The number of nitriles is 1. The lowest BCUT2D eigenvalue weighted by molar-refractivity contribution is 0.299. The van der Waals surface area contributed by atoms with Crippen molar-refractivity contribution in [2.45, 2.75) is 18.8 Å². The van der Waals surface area contributed by atoms with E-state index in [1.807, 2.05) is 24.3 Å². The van der Waals surface area contributed by atoms with Gasteiger partial charge in [-0.3, -0.25) is 0 Å². The first-order valence-corrected chi connectivity index (χ1v) is 7.83. The van der Waals surface area contributed by atoms with Gasteiger partial charge in [0.15, 0.2) is 0 Å². The highest BCUT2D eigenvalue weighted by Crippen LogP contribution is 2.31. The Labute approximate surface area is 136 Å². The quantitative estimate of drug-likeness (QED) is 0.944. The molecule has 23 heavy (non-hydrogen) atoms. The van der Waals surface area contributed by atoms with E-state index in [1.54, 1.807) is 6.20 Å². The lowest BCUT2D eigenvalue weighted by Gasteiger charge is -2.35. The predicted molar refractivity (Wildman–Crippen MR) is 92.4 cm³/mol. The van der Waals surface area contributed by atoms with Crippen LogP contribution in [-0.2, 0) is 0 Å². The summed E-state index contributed by atoms with van der Waals surface area (Å²) in [6.07, 6.45) is 3.90. The zero-order chi connectivity index (χ0) is 16.2. The van der Waals surface area contributed by atoms with Gasteiger partial charge in [0, 0.05) is 30.5 Å². The molecule has 0 unspecified atom stereocenters. The molecule has 0 bridgehead atoms. The van der Waals surface area contributed by atoms with Crippen molar-refractivity contribution < 1.29 is 0 Å². The zero-order valence-electron chi connectivity index (χ0n) is 13.1. The largest absolute Gasteiger partial charge is 0.384 e. The number of hydrogen-bond acceptors (Lipinski definition) is 4.